The van der Waals surface area contributed by atoms with Gasteiger partial charge in [-0.1, -0.05) is 0 Å². The zero-order valence-electron chi connectivity index (χ0n) is 16.4. The van der Waals surface area contributed by atoms with Gasteiger partial charge in [0, 0.05) is 43.6 Å². The van der Waals surface area contributed by atoms with Crippen molar-refractivity contribution in [2.45, 2.75) is 58.2 Å². The second-order valence-corrected chi connectivity index (χ2v) is 7.86. The second kappa shape index (κ2) is 8.04. The average molecular weight is 371 g/mol. The Morgan fingerprint density at radius 3 is 2.67 bits per heavy atom. The first-order valence-electron chi connectivity index (χ1n) is 10.0. The molecule has 0 spiro atoms. The van der Waals surface area contributed by atoms with Crippen LogP contribution in [0, 0.1) is 13.8 Å². The summed E-state index contributed by atoms with van der Waals surface area (Å²) in [5.41, 5.74) is 11.3. The summed E-state index contributed by atoms with van der Waals surface area (Å²) in [5, 5.41) is 4.81. The monoisotopic (exact) mass is 370 g/mol. The smallest absolute Gasteiger partial charge is 0.0922 e. The van der Waals surface area contributed by atoms with Gasteiger partial charge in [-0.05, 0) is 46.1 Å². The predicted octanol–water partition coefficient (Wildman–Crippen LogP) is 2.23. The maximum atomic E-state index is 6.08. The van der Waals surface area contributed by atoms with Crippen LogP contribution in [0.25, 0.3) is 11.3 Å². The first-order valence-corrected chi connectivity index (χ1v) is 10.0. The number of rotatable bonds is 4. The molecule has 0 aliphatic carbocycles. The van der Waals surface area contributed by atoms with E-state index in [9.17, 15) is 0 Å². The van der Waals surface area contributed by atoms with Gasteiger partial charge in [-0.2, -0.15) is 5.10 Å². The molecule has 27 heavy (non-hydrogen) atoms. The van der Waals surface area contributed by atoms with Crippen molar-refractivity contribution in [3.05, 3.63) is 29.5 Å². The highest BCUT2D eigenvalue weighted by Crippen LogP contribution is 2.30. The van der Waals surface area contributed by atoms with E-state index in [1.54, 1.807) is 0 Å². The number of nitrogens with two attached hydrogens (primary N) is 1. The van der Waals surface area contributed by atoms with Crippen molar-refractivity contribution in [2.75, 3.05) is 26.3 Å². The SMILES string of the molecule is Cc1nn(C2CCOCC2)c(C)c1-c1cnc(CN2CCCC(N)C2)cn1. The highest BCUT2D eigenvalue weighted by Gasteiger charge is 2.23. The molecule has 2 aliphatic rings. The summed E-state index contributed by atoms with van der Waals surface area (Å²) in [7, 11) is 0. The van der Waals surface area contributed by atoms with E-state index >= 15 is 0 Å². The zero-order valence-corrected chi connectivity index (χ0v) is 16.4. The van der Waals surface area contributed by atoms with Gasteiger partial charge < -0.3 is 10.5 Å². The second-order valence-electron chi connectivity index (χ2n) is 7.86. The van der Waals surface area contributed by atoms with Gasteiger partial charge in [-0.25, -0.2) is 0 Å². The Morgan fingerprint density at radius 2 is 1.96 bits per heavy atom. The number of piperidine rings is 1. The molecule has 2 saturated heterocycles. The fourth-order valence-corrected chi connectivity index (χ4v) is 4.35. The van der Waals surface area contributed by atoms with Crippen LogP contribution in [0.3, 0.4) is 0 Å². The Balaban J connectivity index is 1.51. The molecule has 2 aliphatic heterocycles. The van der Waals surface area contributed by atoms with Crippen LogP contribution < -0.4 is 5.73 Å². The summed E-state index contributed by atoms with van der Waals surface area (Å²) in [6, 6.07) is 0.703. The minimum atomic E-state index is 0.285. The van der Waals surface area contributed by atoms with Crippen LogP contribution in [0.4, 0.5) is 0 Å². The summed E-state index contributed by atoms with van der Waals surface area (Å²) in [6.07, 6.45) is 8.12. The molecule has 0 radical (unpaired) electrons. The van der Waals surface area contributed by atoms with E-state index in [0.29, 0.717) is 6.04 Å². The Labute approximate surface area is 160 Å². The number of aryl methyl sites for hydroxylation is 1. The Hall–Kier alpha value is -1.83. The number of hydrogen-bond acceptors (Lipinski definition) is 6. The summed E-state index contributed by atoms with van der Waals surface area (Å²) in [4.78, 5) is 11.8. The van der Waals surface area contributed by atoms with Crippen molar-refractivity contribution in [2.24, 2.45) is 5.73 Å². The molecule has 0 saturated carbocycles. The van der Waals surface area contributed by atoms with Crippen molar-refractivity contribution >= 4 is 0 Å². The quantitative estimate of drug-likeness (QED) is 0.889. The lowest BCUT2D eigenvalue weighted by Gasteiger charge is -2.30. The van der Waals surface area contributed by atoms with E-state index in [4.69, 9.17) is 20.6 Å². The lowest BCUT2D eigenvalue weighted by Crippen LogP contribution is -2.42. The third-order valence-electron chi connectivity index (χ3n) is 5.75. The topological polar surface area (TPSA) is 82.1 Å². The predicted molar refractivity (Wildman–Crippen MR) is 104 cm³/mol. The third kappa shape index (κ3) is 4.05. The van der Waals surface area contributed by atoms with Gasteiger partial charge in [0.05, 0.1) is 35.5 Å². The lowest BCUT2D eigenvalue weighted by atomic mass is 10.1. The molecule has 0 aromatic carbocycles. The molecule has 4 rings (SSSR count). The number of ether oxygens (including phenoxy) is 1. The van der Waals surface area contributed by atoms with E-state index in [0.717, 1.165) is 81.2 Å². The van der Waals surface area contributed by atoms with Crippen LogP contribution in [-0.4, -0.2) is 57.0 Å². The van der Waals surface area contributed by atoms with E-state index in [1.165, 1.54) is 5.69 Å². The molecule has 2 aromatic heterocycles. The molecular weight excluding hydrogens is 340 g/mol. The molecular formula is C20H30N6O. The summed E-state index contributed by atoms with van der Waals surface area (Å²) in [6.45, 7) is 8.67. The van der Waals surface area contributed by atoms with Gasteiger partial charge in [0.2, 0.25) is 0 Å². The molecule has 2 fully saturated rings. The van der Waals surface area contributed by atoms with Gasteiger partial charge in [0.1, 0.15) is 0 Å². The maximum absolute atomic E-state index is 6.08. The largest absolute Gasteiger partial charge is 0.381 e. The molecule has 2 N–H and O–H groups in total. The first kappa shape index (κ1) is 18.5. The minimum absolute atomic E-state index is 0.285. The molecule has 2 aromatic rings. The number of likely N-dealkylation sites (tertiary alicyclic amines) is 1. The molecule has 0 amide bonds. The average Bonchev–Trinajstić information content (AvgIpc) is 2.98. The van der Waals surface area contributed by atoms with Crippen LogP contribution in [0.15, 0.2) is 12.4 Å². The molecule has 4 heterocycles. The molecule has 7 heteroatoms. The lowest BCUT2D eigenvalue weighted by molar-refractivity contribution is 0.0656. The summed E-state index contributed by atoms with van der Waals surface area (Å²) < 4.78 is 7.65. The van der Waals surface area contributed by atoms with Gasteiger partial charge in [-0.3, -0.25) is 19.5 Å². The zero-order chi connectivity index (χ0) is 18.8. The van der Waals surface area contributed by atoms with E-state index in [1.807, 2.05) is 12.4 Å². The van der Waals surface area contributed by atoms with Crippen molar-refractivity contribution in [1.82, 2.24) is 24.6 Å². The van der Waals surface area contributed by atoms with Crippen molar-refractivity contribution < 1.29 is 4.74 Å². The van der Waals surface area contributed by atoms with Gasteiger partial charge in [-0.15, -0.1) is 0 Å². The maximum Gasteiger partial charge on any atom is 0.0922 e. The number of hydrogen-bond donors (Lipinski definition) is 1. The fourth-order valence-electron chi connectivity index (χ4n) is 4.35. The highest BCUT2D eigenvalue weighted by molar-refractivity contribution is 5.64. The van der Waals surface area contributed by atoms with E-state index in [2.05, 4.69) is 28.4 Å². The molecule has 1 unspecified atom stereocenters. The van der Waals surface area contributed by atoms with Crippen LogP contribution >= 0.6 is 0 Å². The highest BCUT2D eigenvalue weighted by atomic mass is 16.5. The van der Waals surface area contributed by atoms with E-state index in [-0.39, 0.29) is 6.04 Å². The summed E-state index contributed by atoms with van der Waals surface area (Å²) >= 11 is 0. The Kier molecular flexibility index (Phi) is 5.52. The van der Waals surface area contributed by atoms with Gasteiger partial charge in [0.15, 0.2) is 0 Å². The van der Waals surface area contributed by atoms with Crippen molar-refractivity contribution in [3.63, 3.8) is 0 Å². The number of nitrogens with zero attached hydrogens (tertiary/aromatic N) is 5. The Morgan fingerprint density at radius 1 is 1.15 bits per heavy atom. The molecule has 146 valence electrons. The van der Waals surface area contributed by atoms with Crippen LogP contribution in [-0.2, 0) is 11.3 Å². The van der Waals surface area contributed by atoms with Gasteiger partial charge in [0.25, 0.3) is 0 Å². The Bertz CT molecular complexity index is 766. The minimum Gasteiger partial charge on any atom is -0.381 e. The number of aromatic nitrogens is 4. The summed E-state index contributed by atoms with van der Waals surface area (Å²) in [5.74, 6) is 0. The van der Waals surface area contributed by atoms with Crippen molar-refractivity contribution in [3.8, 4) is 11.3 Å². The molecule has 1 atom stereocenters. The normalized spacial score (nSPS) is 22.3. The van der Waals surface area contributed by atoms with Crippen LogP contribution in [0.1, 0.15) is 48.8 Å². The molecule has 0 bridgehead atoms. The van der Waals surface area contributed by atoms with Gasteiger partial charge >= 0.3 is 0 Å². The van der Waals surface area contributed by atoms with E-state index < -0.39 is 0 Å². The van der Waals surface area contributed by atoms with Crippen LogP contribution in [0.5, 0.6) is 0 Å². The molecule has 7 nitrogen and oxygen atoms in total. The van der Waals surface area contributed by atoms with Crippen LogP contribution in [0.2, 0.25) is 0 Å². The third-order valence-corrected chi connectivity index (χ3v) is 5.75. The van der Waals surface area contributed by atoms with Crippen molar-refractivity contribution in [1.29, 1.82) is 0 Å². The fraction of sp³-hybridized carbons (Fsp3) is 0.650. The standard InChI is InChI=1S/C20H30N6O/c1-14-20(15(2)26(24-14)18-5-8-27-9-6-18)19-11-22-17(10-23-19)13-25-7-3-4-16(21)12-25/h10-11,16,18H,3-9,12-13,21H2,1-2H3. The first-order chi connectivity index (χ1) is 13.1.